The van der Waals surface area contributed by atoms with E-state index in [-0.39, 0.29) is 11.8 Å². The highest BCUT2D eigenvalue weighted by atomic mass is 19.4. The number of carbonyl (C=O) groups is 1. The molecule has 0 bridgehead atoms. The number of rotatable bonds is 4. The van der Waals surface area contributed by atoms with Crippen molar-refractivity contribution in [2.45, 2.75) is 25.6 Å². The summed E-state index contributed by atoms with van der Waals surface area (Å²) >= 11 is 0. The lowest BCUT2D eigenvalue weighted by atomic mass is 9.95. The molecule has 0 spiro atoms. The van der Waals surface area contributed by atoms with Gasteiger partial charge in [0, 0.05) is 31.7 Å². The molecule has 1 aromatic carbocycles. The number of hydrogen-bond donors (Lipinski definition) is 1. The summed E-state index contributed by atoms with van der Waals surface area (Å²) in [5.74, 6) is 0.175. The minimum atomic E-state index is -4.38. The van der Waals surface area contributed by atoms with Crippen molar-refractivity contribution < 1.29 is 18.0 Å². The molecule has 0 aliphatic carbocycles. The smallest absolute Gasteiger partial charge is 0.357 e. The van der Waals surface area contributed by atoms with Crippen LogP contribution in [0.3, 0.4) is 0 Å². The molecule has 1 fully saturated rings. The Morgan fingerprint density at radius 1 is 1.15 bits per heavy atom. The van der Waals surface area contributed by atoms with Crippen molar-refractivity contribution >= 4 is 11.7 Å². The predicted octanol–water partition coefficient (Wildman–Crippen LogP) is 3.63. The lowest BCUT2D eigenvalue weighted by molar-refractivity contribution is -0.137. The van der Waals surface area contributed by atoms with Crippen molar-refractivity contribution in [3.05, 3.63) is 59.8 Å². The quantitative estimate of drug-likeness (QED) is 0.902. The van der Waals surface area contributed by atoms with Gasteiger partial charge in [0.05, 0.1) is 5.56 Å². The van der Waals surface area contributed by atoms with E-state index in [2.05, 4.69) is 10.3 Å². The first-order chi connectivity index (χ1) is 12.4. The minimum Gasteiger partial charge on any atom is -0.357 e. The van der Waals surface area contributed by atoms with E-state index in [0.29, 0.717) is 38.3 Å². The number of carbonyl (C=O) groups excluding carboxylic acids is 1. The largest absolute Gasteiger partial charge is 0.416 e. The summed E-state index contributed by atoms with van der Waals surface area (Å²) < 4.78 is 38.5. The van der Waals surface area contributed by atoms with Gasteiger partial charge < -0.3 is 10.2 Å². The number of halogens is 3. The molecule has 3 rings (SSSR count). The van der Waals surface area contributed by atoms with E-state index in [1.54, 1.807) is 4.90 Å². The molecule has 0 radical (unpaired) electrons. The van der Waals surface area contributed by atoms with Gasteiger partial charge in [-0.1, -0.05) is 30.3 Å². The fraction of sp³-hybridized carbons (Fsp3) is 0.368. The summed E-state index contributed by atoms with van der Waals surface area (Å²) in [4.78, 5) is 18.2. The molecule has 0 saturated carbocycles. The summed E-state index contributed by atoms with van der Waals surface area (Å²) in [6, 6.07) is 11.7. The standard InChI is InChI=1S/C19H20F3N3O/c20-19(21,22)16-6-9-23-17(12-16)25-10-7-15(8-11-25)18(26)24-13-14-4-2-1-3-5-14/h1-6,9,12,15H,7-8,10-11,13H2,(H,24,26). The SMILES string of the molecule is O=C(NCc1ccccc1)C1CCN(c2cc(C(F)(F)F)ccn2)CC1. The normalized spacial score (nSPS) is 15.7. The number of aromatic nitrogens is 1. The Hall–Kier alpha value is -2.57. The molecule has 0 unspecified atom stereocenters. The Kier molecular flexibility index (Phi) is 5.44. The molecule has 4 nitrogen and oxygen atoms in total. The van der Waals surface area contributed by atoms with Crippen LogP contribution in [0.15, 0.2) is 48.7 Å². The van der Waals surface area contributed by atoms with Crippen LogP contribution in [-0.2, 0) is 17.5 Å². The van der Waals surface area contributed by atoms with Crippen molar-refractivity contribution in [3.8, 4) is 0 Å². The molecular weight excluding hydrogens is 343 g/mol. The molecule has 1 N–H and O–H groups in total. The summed E-state index contributed by atoms with van der Waals surface area (Å²) in [7, 11) is 0. The van der Waals surface area contributed by atoms with Crippen LogP contribution in [0, 0.1) is 5.92 Å². The number of alkyl halides is 3. The van der Waals surface area contributed by atoms with Crippen molar-refractivity contribution in [3.63, 3.8) is 0 Å². The number of amides is 1. The third-order valence-corrected chi connectivity index (χ3v) is 4.57. The Balaban J connectivity index is 1.53. The van der Waals surface area contributed by atoms with Gasteiger partial charge in [-0.25, -0.2) is 4.98 Å². The van der Waals surface area contributed by atoms with E-state index >= 15 is 0 Å². The number of nitrogens with one attached hydrogen (secondary N) is 1. The molecule has 1 aliphatic rings. The van der Waals surface area contributed by atoms with Crippen LogP contribution >= 0.6 is 0 Å². The number of pyridine rings is 1. The topological polar surface area (TPSA) is 45.2 Å². The highest BCUT2D eigenvalue weighted by molar-refractivity contribution is 5.79. The molecule has 1 saturated heterocycles. The second-order valence-corrected chi connectivity index (χ2v) is 6.37. The first-order valence-electron chi connectivity index (χ1n) is 8.53. The van der Waals surface area contributed by atoms with Crippen molar-refractivity contribution in [1.82, 2.24) is 10.3 Å². The van der Waals surface area contributed by atoms with Crippen molar-refractivity contribution in [1.29, 1.82) is 0 Å². The van der Waals surface area contributed by atoms with Crippen LogP contribution in [0.2, 0.25) is 0 Å². The van der Waals surface area contributed by atoms with Crippen LogP contribution < -0.4 is 10.2 Å². The fourth-order valence-electron chi connectivity index (χ4n) is 3.07. The summed E-state index contributed by atoms with van der Waals surface area (Å²) in [5, 5.41) is 2.93. The van der Waals surface area contributed by atoms with E-state index in [9.17, 15) is 18.0 Å². The van der Waals surface area contributed by atoms with Crippen LogP contribution in [-0.4, -0.2) is 24.0 Å². The second-order valence-electron chi connectivity index (χ2n) is 6.37. The number of piperidine rings is 1. The average molecular weight is 363 g/mol. The highest BCUT2D eigenvalue weighted by Gasteiger charge is 2.32. The van der Waals surface area contributed by atoms with Gasteiger partial charge in [0.2, 0.25) is 5.91 Å². The van der Waals surface area contributed by atoms with Crippen LogP contribution in [0.25, 0.3) is 0 Å². The Bertz CT molecular complexity index is 741. The Morgan fingerprint density at radius 3 is 2.50 bits per heavy atom. The van der Waals surface area contributed by atoms with Gasteiger partial charge in [-0.3, -0.25) is 4.79 Å². The summed E-state index contributed by atoms with van der Waals surface area (Å²) in [5.41, 5.74) is 0.330. The molecule has 0 atom stereocenters. The second kappa shape index (κ2) is 7.76. The lowest BCUT2D eigenvalue weighted by Gasteiger charge is -2.32. The Morgan fingerprint density at radius 2 is 1.85 bits per heavy atom. The van der Waals surface area contributed by atoms with Crippen LogP contribution in [0.1, 0.15) is 24.0 Å². The molecule has 138 valence electrons. The first kappa shape index (κ1) is 18.2. The number of anilines is 1. The highest BCUT2D eigenvalue weighted by Crippen LogP contribution is 2.31. The maximum atomic E-state index is 12.8. The van der Waals surface area contributed by atoms with E-state index < -0.39 is 11.7 Å². The van der Waals surface area contributed by atoms with Crippen LogP contribution in [0.5, 0.6) is 0 Å². The lowest BCUT2D eigenvalue weighted by Crippen LogP contribution is -2.40. The molecular formula is C19H20F3N3O. The number of hydrogen-bond acceptors (Lipinski definition) is 3. The summed E-state index contributed by atoms with van der Waals surface area (Å²) in [6.07, 6.45) is -2.01. The first-order valence-corrected chi connectivity index (χ1v) is 8.53. The molecule has 7 heteroatoms. The summed E-state index contributed by atoms with van der Waals surface area (Å²) in [6.45, 7) is 1.50. The average Bonchev–Trinajstić information content (AvgIpc) is 2.66. The number of benzene rings is 1. The van der Waals surface area contributed by atoms with E-state index in [1.165, 1.54) is 6.20 Å². The zero-order valence-corrected chi connectivity index (χ0v) is 14.2. The fourth-order valence-corrected chi connectivity index (χ4v) is 3.07. The third-order valence-electron chi connectivity index (χ3n) is 4.57. The third kappa shape index (κ3) is 4.53. The molecule has 1 amide bonds. The van der Waals surface area contributed by atoms with E-state index in [1.807, 2.05) is 30.3 Å². The zero-order chi connectivity index (χ0) is 18.6. The van der Waals surface area contributed by atoms with Crippen molar-refractivity contribution in [2.24, 2.45) is 5.92 Å². The van der Waals surface area contributed by atoms with E-state index in [0.717, 1.165) is 17.7 Å². The Labute approximate surface area is 150 Å². The number of nitrogens with zero attached hydrogens (tertiary/aromatic N) is 2. The molecule has 2 heterocycles. The van der Waals surface area contributed by atoms with Gasteiger partial charge in [-0.05, 0) is 30.5 Å². The predicted molar refractivity (Wildman–Crippen MR) is 92.5 cm³/mol. The monoisotopic (exact) mass is 363 g/mol. The minimum absolute atomic E-state index is 0.00879. The van der Waals surface area contributed by atoms with Crippen LogP contribution in [0.4, 0.5) is 19.0 Å². The maximum absolute atomic E-state index is 12.8. The van der Waals surface area contributed by atoms with Gasteiger partial charge in [-0.15, -0.1) is 0 Å². The zero-order valence-electron chi connectivity index (χ0n) is 14.2. The van der Waals surface area contributed by atoms with E-state index in [4.69, 9.17) is 0 Å². The van der Waals surface area contributed by atoms with Gasteiger partial charge >= 0.3 is 6.18 Å². The van der Waals surface area contributed by atoms with Crippen molar-refractivity contribution in [2.75, 3.05) is 18.0 Å². The molecule has 26 heavy (non-hydrogen) atoms. The maximum Gasteiger partial charge on any atom is 0.416 e. The van der Waals surface area contributed by atoms with Gasteiger partial charge in [0.15, 0.2) is 0 Å². The molecule has 2 aromatic rings. The molecule has 1 aliphatic heterocycles. The van der Waals surface area contributed by atoms with Gasteiger partial charge in [0.1, 0.15) is 5.82 Å². The van der Waals surface area contributed by atoms with Gasteiger partial charge in [0.25, 0.3) is 0 Å². The molecule has 1 aromatic heterocycles. The van der Waals surface area contributed by atoms with Gasteiger partial charge in [-0.2, -0.15) is 13.2 Å².